The van der Waals surface area contributed by atoms with Gasteiger partial charge >= 0.3 is 69.7 Å². The highest BCUT2D eigenvalue weighted by molar-refractivity contribution is 7.09. The van der Waals surface area contributed by atoms with Crippen LogP contribution in [0.2, 0.25) is 55.0 Å². The van der Waals surface area contributed by atoms with E-state index in [0.717, 1.165) is 20.7 Å². The van der Waals surface area contributed by atoms with Gasteiger partial charge in [0.2, 0.25) is 8.32 Å². The predicted octanol–water partition coefficient (Wildman–Crippen LogP) is 10.2. The largest absolute Gasteiger partial charge is 0.484 e. The third-order valence-corrected chi connectivity index (χ3v) is 58.2. The minimum atomic E-state index is -4.43. The number of hydrogen-bond acceptors (Lipinski definition) is 12. The predicted molar refractivity (Wildman–Crippen MR) is 311 cm³/mol. The molecule has 0 radical (unpaired) electrons. The second-order valence-corrected chi connectivity index (χ2v) is 52.6. The van der Waals surface area contributed by atoms with Crippen molar-refractivity contribution in [3.8, 4) is 0 Å². The first-order chi connectivity index (χ1) is 34.3. The first-order valence-corrected chi connectivity index (χ1v) is 45.4. The van der Waals surface area contributed by atoms with Gasteiger partial charge < -0.3 is 50.4 Å². The van der Waals surface area contributed by atoms with Crippen molar-refractivity contribution >= 4 is 98.8 Å². The molecule has 3 heterocycles. The van der Waals surface area contributed by atoms with Gasteiger partial charge in [-0.1, -0.05) is 204 Å². The third kappa shape index (κ3) is 14.0. The van der Waals surface area contributed by atoms with Crippen LogP contribution in [0.4, 0.5) is 0 Å². The summed E-state index contributed by atoms with van der Waals surface area (Å²) in [6.07, 6.45) is 0. The summed E-state index contributed by atoms with van der Waals surface area (Å²) in [6.45, 7) is 30.2. The summed E-state index contributed by atoms with van der Waals surface area (Å²) < 4.78 is 87.2. The van der Waals surface area contributed by atoms with Crippen LogP contribution in [0, 0.1) is 35.5 Å². The Morgan fingerprint density at radius 2 is 0.808 bits per heavy atom. The summed E-state index contributed by atoms with van der Waals surface area (Å²) in [5.74, 6) is 0.212. The Hall–Kier alpha value is -1.65. The first-order valence-electron chi connectivity index (χ1n) is 26.8. The zero-order valence-corrected chi connectivity index (χ0v) is 55.4. The number of hydrogen-bond donors (Lipinski definition) is 1. The van der Waals surface area contributed by atoms with E-state index in [0.29, 0.717) is 35.9 Å². The molecule has 4 aromatic rings. The van der Waals surface area contributed by atoms with Gasteiger partial charge in [0.15, 0.2) is 0 Å². The van der Waals surface area contributed by atoms with Gasteiger partial charge in [0.25, 0.3) is 0 Å². The molecule has 0 saturated carbocycles. The molecular formula is C52H86O12Si9. The first kappa shape index (κ1) is 59.0. The maximum atomic E-state index is 13.7. The lowest BCUT2D eigenvalue weighted by molar-refractivity contribution is 0.0458. The molecule has 0 aliphatic carbocycles. The van der Waals surface area contributed by atoms with Crippen LogP contribution in [-0.2, 0) is 45.6 Å². The average molecular weight is 1160 g/mol. The van der Waals surface area contributed by atoms with E-state index in [-0.39, 0.29) is 41.6 Å². The van der Waals surface area contributed by atoms with Crippen molar-refractivity contribution in [2.24, 2.45) is 35.5 Å². The second kappa shape index (κ2) is 23.4. The lowest BCUT2D eigenvalue weighted by Gasteiger charge is -2.59. The van der Waals surface area contributed by atoms with Gasteiger partial charge in [-0.05, 0) is 75.4 Å². The Morgan fingerprint density at radius 3 is 1.19 bits per heavy atom. The van der Waals surface area contributed by atoms with Gasteiger partial charge in [-0.3, -0.25) is 0 Å². The van der Waals surface area contributed by atoms with Crippen LogP contribution < -0.4 is 20.7 Å². The Kier molecular flexibility index (Phi) is 18.9. The van der Waals surface area contributed by atoms with Crippen molar-refractivity contribution < 1.29 is 50.4 Å². The average Bonchev–Trinajstić information content (AvgIpc) is 3.26. The van der Waals surface area contributed by atoms with E-state index >= 15 is 0 Å². The van der Waals surface area contributed by atoms with Crippen LogP contribution in [0.1, 0.15) is 83.1 Å². The van der Waals surface area contributed by atoms with Crippen molar-refractivity contribution in [2.75, 3.05) is 7.11 Å². The fourth-order valence-corrected chi connectivity index (χ4v) is 67.0. The molecule has 3 fully saturated rings. The number of fused-ring (bicyclic) bond motifs is 3. The van der Waals surface area contributed by atoms with Crippen molar-refractivity contribution in [1.82, 2.24) is 0 Å². The molecule has 5 unspecified atom stereocenters. The van der Waals surface area contributed by atoms with Crippen LogP contribution in [0.3, 0.4) is 0 Å². The molecule has 21 heteroatoms. The zero-order chi connectivity index (χ0) is 53.1. The molecule has 0 aromatic heterocycles. The molecule has 12 nitrogen and oxygen atoms in total. The highest BCUT2D eigenvalue weighted by Gasteiger charge is 2.76. The van der Waals surface area contributed by atoms with E-state index in [9.17, 15) is 4.80 Å². The van der Waals surface area contributed by atoms with Gasteiger partial charge in [-0.15, -0.1) is 0 Å². The lowest BCUT2D eigenvalue weighted by Crippen LogP contribution is -2.83. The van der Waals surface area contributed by atoms with Gasteiger partial charge in [-0.25, -0.2) is 0 Å². The standard InChI is InChI=1S/C52H86O12Si9/c1-43(2)36-67-42-65(14)55-69(54-13,38-45(5)6)62-71(58-67,40-47(9)10)60-68(53,37-44(3)4)61-72(59-67,41-48(11)12)63-70(56-65,39-46(7)8)64-73(51-32-24-18-25-33-51,52-34-26-19-27-35-52)57-66(15,49-28-20-16-21-29-49)50-30-22-17-23-31-50/h16-35,43-48,53H,36-42H2,1-15H3/t65?,67-,68?,69-,70?,71?,72?/m0/s1. The van der Waals surface area contributed by atoms with Crippen molar-refractivity contribution in [3.63, 3.8) is 0 Å². The van der Waals surface area contributed by atoms with E-state index in [1.54, 1.807) is 7.11 Å². The summed E-state index contributed by atoms with van der Waals surface area (Å²) >= 11 is 0. The fourth-order valence-electron chi connectivity index (χ4n) is 11.1. The quantitative estimate of drug-likeness (QED) is 0.0800. The molecule has 3 aliphatic heterocycles. The Bertz CT molecular complexity index is 2310. The molecule has 402 valence electrons. The van der Waals surface area contributed by atoms with Crippen LogP contribution in [0.5, 0.6) is 0 Å². The molecule has 3 aliphatic rings. The van der Waals surface area contributed by atoms with E-state index in [1.165, 1.54) is 0 Å². The maximum Gasteiger partial charge on any atom is 0.484 e. The van der Waals surface area contributed by atoms with Gasteiger partial charge in [0, 0.05) is 43.0 Å². The summed E-state index contributed by atoms with van der Waals surface area (Å²) in [6, 6.07) is 44.4. The lowest BCUT2D eigenvalue weighted by atomic mass is 10.3. The Morgan fingerprint density at radius 1 is 0.452 bits per heavy atom. The van der Waals surface area contributed by atoms with Crippen molar-refractivity contribution in [2.45, 2.75) is 138 Å². The van der Waals surface area contributed by atoms with Crippen LogP contribution >= 0.6 is 0 Å². The van der Waals surface area contributed by atoms with Crippen LogP contribution in [0.25, 0.3) is 0 Å². The Balaban J connectivity index is 1.62. The van der Waals surface area contributed by atoms with E-state index in [4.69, 9.17) is 45.6 Å². The molecule has 3 saturated heterocycles. The van der Waals surface area contributed by atoms with Gasteiger partial charge in [0.1, 0.15) is 0 Å². The number of benzene rings is 4. The molecule has 73 heavy (non-hydrogen) atoms. The second-order valence-electron chi connectivity index (χ2n) is 23.6. The summed E-state index contributed by atoms with van der Waals surface area (Å²) in [7, 11) is -34.2. The molecule has 4 bridgehead atoms. The topological polar surface area (TPSA) is 122 Å². The monoisotopic (exact) mass is 1150 g/mol. The molecule has 1 N–H and O–H groups in total. The molecule has 4 aromatic carbocycles. The smallest absolute Gasteiger partial charge is 0.422 e. The molecule has 0 spiro atoms. The summed E-state index contributed by atoms with van der Waals surface area (Å²) in [5.41, 5.74) is 0.362. The molecule has 0 amide bonds. The molecule has 7 atom stereocenters. The SMILES string of the molecule is CO[Si@@]1(CC(C)C)O[Si]2(C)C[Si@]3(CC(C)C)O[Si](CC(C)C)(O[Si](O)(CC(C)C)O[Si](CC(C)C)(O3)O1)O[Si](CC(C)C)(O[Si](O[Si](C)(c1ccccc1)c1ccccc1)(c1ccccc1)c1ccccc1)O2. The van der Waals surface area contributed by atoms with E-state index in [2.05, 4.69) is 205 Å². The minimum Gasteiger partial charge on any atom is -0.422 e. The van der Waals surface area contributed by atoms with E-state index in [1.807, 2.05) is 12.1 Å². The maximum absolute atomic E-state index is 13.7. The van der Waals surface area contributed by atoms with Gasteiger partial charge in [0.05, 0.1) is 0 Å². The minimum absolute atomic E-state index is 0.00558. The molecular weight excluding hydrogens is 1070 g/mol. The zero-order valence-electron chi connectivity index (χ0n) is 46.4. The van der Waals surface area contributed by atoms with Crippen LogP contribution in [-0.4, -0.2) is 89.9 Å². The normalized spacial score (nSPS) is 30.2. The highest BCUT2D eigenvalue weighted by Crippen LogP contribution is 2.51. The summed E-state index contributed by atoms with van der Waals surface area (Å²) in [4.78, 5) is 13.7. The van der Waals surface area contributed by atoms with Crippen molar-refractivity contribution in [1.29, 1.82) is 0 Å². The van der Waals surface area contributed by atoms with Crippen LogP contribution in [0.15, 0.2) is 121 Å². The highest BCUT2D eigenvalue weighted by atomic mass is 28.6. The van der Waals surface area contributed by atoms with Gasteiger partial charge in [-0.2, -0.15) is 0 Å². The summed E-state index contributed by atoms with van der Waals surface area (Å²) in [5, 5.41) is 3.98. The third-order valence-electron chi connectivity index (χ3n) is 13.2. The fraction of sp³-hybridized carbons (Fsp3) is 0.538. The van der Waals surface area contributed by atoms with E-state index < -0.39 is 78.0 Å². The van der Waals surface area contributed by atoms with Crippen molar-refractivity contribution in [3.05, 3.63) is 121 Å². The molecule has 7 rings (SSSR count). The Labute approximate surface area is 448 Å². The number of rotatable bonds is 21.